The summed E-state index contributed by atoms with van der Waals surface area (Å²) in [6.45, 7) is 2.76. The highest BCUT2D eigenvalue weighted by Gasteiger charge is 2.04. The molecule has 0 aliphatic rings. The molecule has 1 aromatic carbocycles. The van der Waals surface area contributed by atoms with Crippen LogP contribution in [0.1, 0.15) is 18.2 Å². The molecule has 5 heteroatoms. The fraction of sp³-hybridized carbons (Fsp3) is 0.333. The molecule has 0 bridgehead atoms. The largest absolute Gasteiger partial charge is 0.253 e. The molecule has 0 atom stereocenters. The molecule has 0 fully saturated rings. The SMILES string of the molecule is CCn1cc(CCc2ccc(F)c(F)c2)nn1. The average molecular weight is 237 g/mol. The Hall–Kier alpha value is -1.78. The molecule has 3 nitrogen and oxygen atoms in total. The third-order valence-corrected chi connectivity index (χ3v) is 2.56. The van der Waals surface area contributed by atoms with Crippen molar-refractivity contribution in [1.82, 2.24) is 15.0 Å². The number of aryl methyl sites for hydroxylation is 3. The van der Waals surface area contributed by atoms with E-state index in [0.29, 0.717) is 12.8 Å². The summed E-state index contributed by atoms with van der Waals surface area (Å²) in [4.78, 5) is 0. The molecule has 17 heavy (non-hydrogen) atoms. The number of rotatable bonds is 4. The Balaban J connectivity index is 1.99. The Morgan fingerprint density at radius 3 is 2.65 bits per heavy atom. The maximum Gasteiger partial charge on any atom is 0.159 e. The van der Waals surface area contributed by atoms with Gasteiger partial charge in [-0.25, -0.2) is 8.78 Å². The number of benzene rings is 1. The van der Waals surface area contributed by atoms with Crippen LogP contribution in [0.2, 0.25) is 0 Å². The molecule has 90 valence electrons. The van der Waals surface area contributed by atoms with Gasteiger partial charge in [0.2, 0.25) is 0 Å². The summed E-state index contributed by atoms with van der Waals surface area (Å²) in [6.07, 6.45) is 3.16. The highest BCUT2D eigenvalue weighted by atomic mass is 19.2. The van der Waals surface area contributed by atoms with E-state index in [2.05, 4.69) is 10.3 Å². The Labute approximate surface area is 98.1 Å². The molecule has 0 N–H and O–H groups in total. The van der Waals surface area contributed by atoms with Crippen molar-refractivity contribution in [3.63, 3.8) is 0 Å². The molecule has 0 saturated carbocycles. The van der Waals surface area contributed by atoms with Gasteiger partial charge in [0.15, 0.2) is 11.6 Å². The lowest BCUT2D eigenvalue weighted by Gasteiger charge is -2.00. The van der Waals surface area contributed by atoms with Crippen molar-refractivity contribution in [3.05, 3.63) is 47.3 Å². The fourth-order valence-corrected chi connectivity index (χ4v) is 1.58. The maximum atomic E-state index is 13.0. The lowest BCUT2D eigenvalue weighted by Crippen LogP contribution is -1.94. The first-order chi connectivity index (χ1) is 8.19. The van der Waals surface area contributed by atoms with Gasteiger partial charge in [0.05, 0.1) is 5.69 Å². The standard InChI is InChI=1S/C12H13F2N3/c1-2-17-8-10(15-16-17)5-3-9-4-6-11(13)12(14)7-9/h4,6-8H,2-3,5H2,1H3. The molecule has 2 rings (SSSR count). The molecule has 0 amide bonds. The summed E-state index contributed by atoms with van der Waals surface area (Å²) in [5.41, 5.74) is 1.62. The smallest absolute Gasteiger partial charge is 0.159 e. The molecular formula is C12H13F2N3. The van der Waals surface area contributed by atoms with Crippen LogP contribution in [0.4, 0.5) is 8.78 Å². The van der Waals surface area contributed by atoms with Gasteiger partial charge in [-0.3, -0.25) is 4.68 Å². The third-order valence-electron chi connectivity index (χ3n) is 2.56. The number of aromatic nitrogens is 3. The van der Waals surface area contributed by atoms with E-state index in [0.717, 1.165) is 23.9 Å². The van der Waals surface area contributed by atoms with Crippen LogP contribution in [-0.2, 0) is 19.4 Å². The van der Waals surface area contributed by atoms with E-state index in [1.165, 1.54) is 6.07 Å². The monoisotopic (exact) mass is 237 g/mol. The van der Waals surface area contributed by atoms with Gasteiger partial charge in [-0.1, -0.05) is 11.3 Å². The molecule has 0 aliphatic carbocycles. The van der Waals surface area contributed by atoms with Gasteiger partial charge in [-0.15, -0.1) is 5.10 Å². The number of halogens is 2. The number of nitrogens with zero attached hydrogens (tertiary/aromatic N) is 3. The summed E-state index contributed by atoms with van der Waals surface area (Å²) < 4.78 is 27.4. The zero-order chi connectivity index (χ0) is 12.3. The van der Waals surface area contributed by atoms with E-state index < -0.39 is 11.6 Å². The van der Waals surface area contributed by atoms with Gasteiger partial charge < -0.3 is 0 Å². The van der Waals surface area contributed by atoms with Gasteiger partial charge in [-0.05, 0) is 37.5 Å². The van der Waals surface area contributed by atoms with Crippen LogP contribution >= 0.6 is 0 Å². The summed E-state index contributed by atoms with van der Waals surface area (Å²) in [6, 6.07) is 3.95. The van der Waals surface area contributed by atoms with Crippen molar-refractivity contribution >= 4 is 0 Å². The Morgan fingerprint density at radius 2 is 2.00 bits per heavy atom. The summed E-state index contributed by atoms with van der Waals surface area (Å²) >= 11 is 0. The maximum absolute atomic E-state index is 13.0. The third kappa shape index (κ3) is 2.87. The minimum absolute atomic E-state index is 0.625. The van der Waals surface area contributed by atoms with E-state index in [-0.39, 0.29) is 0 Å². The van der Waals surface area contributed by atoms with E-state index in [1.807, 2.05) is 13.1 Å². The van der Waals surface area contributed by atoms with Crippen LogP contribution in [0.5, 0.6) is 0 Å². The van der Waals surface area contributed by atoms with Gasteiger partial charge in [0.1, 0.15) is 0 Å². The summed E-state index contributed by atoms with van der Waals surface area (Å²) in [7, 11) is 0. The van der Waals surface area contributed by atoms with Crippen molar-refractivity contribution in [1.29, 1.82) is 0 Å². The average Bonchev–Trinajstić information content (AvgIpc) is 2.79. The molecule has 0 spiro atoms. The molecule has 0 radical (unpaired) electrons. The van der Waals surface area contributed by atoms with Gasteiger partial charge >= 0.3 is 0 Å². The molecule has 0 unspecified atom stereocenters. The molecule has 0 saturated heterocycles. The lowest BCUT2D eigenvalue weighted by molar-refractivity contribution is 0.507. The van der Waals surface area contributed by atoms with Crippen molar-refractivity contribution in [2.24, 2.45) is 0 Å². The van der Waals surface area contributed by atoms with Crippen molar-refractivity contribution in [3.8, 4) is 0 Å². The van der Waals surface area contributed by atoms with Crippen LogP contribution in [0, 0.1) is 11.6 Å². The predicted molar refractivity (Wildman–Crippen MR) is 59.5 cm³/mol. The van der Waals surface area contributed by atoms with Crippen LogP contribution in [-0.4, -0.2) is 15.0 Å². The molecular weight excluding hydrogens is 224 g/mol. The van der Waals surface area contributed by atoms with Crippen LogP contribution < -0.4 is 0 Å². The molecule has 1 heterocycles. The van der Waals surface area contributed by atoms with Gasteiger partial charge in [0.25, 0.3) is 0 Å². The van der Waals surface area contributed by atoms with Crippen molar-refractivity contribution in [2.75, 3.05) is 0 Å². The highest BCUT2D eigenvalue weighted by molar-refractivity contribution is 5.18. The van der Waals surface area contributed by atoms with Crippen LogP contribution in [0.3, 0.4) is 0 Å². The molecule has 2 aromatic rings. The van der Waals surface area contributed by atoms with Crippen molar-refractivity contribution < 1.29 is 8.78 Å². The lowest BCUT2D eigenvalue weighted by atomic mass is 10.1. The number of hydrogen-bond donors (Lipinski definition) is 0. The van der Waals surface area contributed by atoms with Gasteiger partial charge in [0, 0.05) is 12.7 Å². The van der Waals surface area contributed by atoms with Crippen molar-refractivity contribution in [2.45, 2.75) is 26.3 Å². The highest BCUT2D eigenvalue weighted by Crippen LogP contribution is 2.10. The minimum Gasteiger partial charge on any atom is -0.253 e. The topological polar surface area (TPSA) is 30.7 Å². The second-order valence-corrected chi connectivity index (χ2v) is 3.81. The quantitative estimate of drug-likeness (QED) is 0.817. The number of hydrogen-bond acceptors (Lipinski definition) is 2. The fourth-order valence-electron chi connectivity index (χ4n) is 1.58. The Kier molecular flexibility index (Phi) is 3.46. The second kappa shape index (κ2) is 5.03. The Bertz CT molecular complexity index is 508. The minimum atomic E-state index is -0.814. The van der Waals surface area contributed by atoms with E-state index in [4.69, 9.17) is 0 Å². The predicted octanol–water partition coefficient (Wildman–Crippen LogP) is 2.36. The first-order valence-corrected chi connectivity index (χ1v) is 5.52. The first-order valence-electron chi connectivity index (χ1n) is 5.52. The van der Waals surface area contributed by atoms with Gasteiger partial charge in [-0.2, -0.15) is 0 Å². The summed E-state index contributed by atoms with van der Waals surface area (Å²) in [5.74, 6) is -1.62. The van der Waals surface area contributed by atoms with Crippen LogP contribution in [0.15, 0.2) is 24.4 Å². The Morgan fingerprint density at radius 1 is 1.18 bits per heavy atom. The van der Waals surface area contributed by atoms with E-state index in [1.54, 1.807) is 10.7 Å². The first kappa shape index (κ1) is 11.7. The van der Waals surface area contributed by atoms with E-state index in [9.17, 15) is 8.78 Å². The normalized spacial score (nSPS) is 10.8. The van der Waals surface area contributed by atoms with E-state index >= 15 is 0 Å². The molecule has 1 aromatic heterocycles. The zero-order valence-corrected chi connectivity index (χ0v) is 9.53. The zero-order valence-electron chi connectivity index (χ0n) is 9.53. The second-order valence-electron chi connectivity index (χ2n) is 3.81. The van der Waals surface area contributed by atoms with Crippen LogP contribution in [0.25, 0.3) is 0 Å². The molecule has 0 aliphatic heterocycles. The summed E-state index contributed by atoms with van der Waals surface area (Å²) in [5, 5.41) is 7.90.